The minimum atomic E-state index is -2.32. The van der Waals surface area contributed by atoms with Gasteiger partial charge in [-0.1, -0.05) is 0 Å². The molecule has 19 heavy (non-hydrogen) atoms. The maximum absolute atomic E-state index is 10.9. The van der Waals surface area contributed by atoms with Crippen LogP contribution >= 0.6 is 0 Å². The van der Waals surface area contributed by atoms with Gasteiger partial charge in [-0.25, -0.2) is 4.79 Å². The van der Waals surface area contributed by atoms with Crippen LogP contribution in [0.4, 0.5) is 0 Å². The molecule has 0 saturated carbocycles. The first-order chi connectivity index (χ1) is 8.76. The van der Waals surface area contributed by atoms with Gasteiger partial charge in [0, 0.05) is 0 Å². The second-order valence-corrected chi connectivity index (χ2v) is 3.75. The Morgan fingerprint density at radius 3 is 1.79 bits per heavy atom. The fourth-order valence-electron chi connectivity index (χ4n) is 1.05. The lowest BCUT2D eigenvalue weighted by atomic mass is 10.0. The largest absolute Gasteiger partial charge is 0.431 e. The van der Waals surface area contributed by atoms with E-state index >= 15 is 0 Å². The van der Waals surface area contributed by atoms with Gasteiger partial charge in [0.05, 0.1) is 13.2 Å². The summed E-state index contributed by atoms with van der Waals surface area (Å²) in [7, 11) is 0. The maximum Gasteiger partial charge on any atom is 0.339 e. The predicted molar refractivity (Wildman–Crippen MR) is 56.3 cm³/mol. The molecule has 0 heterocycles. The van der Waals surface area contributed by atoms with Gasteiger partial charge in [0.15, 0.2) is 6.10 Å². The third kappa shape index (κ3) is 5.34. The molecule has 114 valence electrons. The van der Waals surface area contributed by atoms with Crippen molar-refractivity contribution in [2.24, 2.45) is 0 Å². The lowest BCUT2D eigenvalue weighted by Gasteiger charge is -2.28. The van der Waals surface area contributed by atoms with E-state index in [1.807, 2.05) is 0 Å². The van der Waals surface area contributed by atoms with Crippen LogP contribution in [0.2, 0.25) is 0 Å². The summed E-state index contributed by atoms with van der Waals surface area (Å²) in [5.74, 6) is -1.46. The van der Waals surface area contributed by atoms with E-state index in [1.54, 1.807) is 0 Å². The van der Waals surface area contributed by atoms with Gasteiger partial charge in [-0.15, -0.1) is 0 Å². The molecule has 0 amide bonds. The van der Waals surface area contributed by atoms with Crippen molar-refractivity contribution in [2.75, 3.05) is 13.2 Å². The molecule has 0 saturated heterocycles. The topological polar surface area (TPSA) is 188 Å². The fourth-order valence-corrected chi connectivity index (χ4v) is 1.05. The van der Waals surface area contributed by atoms with Crippen LogP contribution in [0.1, 0.15) is 0 Å². The molecule has 0 aliphatic heterocycles. The highest BCUT2D eigenvalue weighted by Crippen LogP contribution is 2.10. The Kier molecular flexibility index (Phi) is 7.97. The van der Waals surface area contributed by atoms with E-state index in [4.69, 9.17) is 20.4 Å². The fraction of sp³-hybridized carbons (Fsp3) is 0.889. The van der Waals surface area contributed by atoms with Crippen molar-refractivity contribution in [3.63, 3.8) is 0 Å². The van der Waals surface area contributed by atoms with Gasteiger partial charge >= 0.3 is 5.97 Å². The van der Waals surface area contributed by atoms with Crippen molar-refractivity contribution in [3.8, 4) is 0 Å². The Morgan fingerprint density at radius 2 is 1.37 bits per heavy atom. The van der Waals surface area contributed by atoms with Crippen LogP contribution in [0.15, 0.2) is 0 Å². The van der Waals surface area contributed by atoms with Crippen LogP contribution in [0, 0.1) is 0 Å². The summed E-state index contributed by atoms with van der Waals surface area (Å²) < 4.78 is 4.09. The predicted octanol–water partition coefficient (Wildman–Crippen LogP) is -5.36. The van der Waals surface area contributed by atoms with Gasteiger partial charge in [0.25, 0.3) is 0 Å². The van der Waals surface area contributed by atoms with Crippen LogP contribution in [0.5, 0.6) is 0 Å². The first-order valence-electron chi connectivity index (χ1n) is 5.26. The van der Waals surface area contributed by atoms with E-state index in [1.165, 1.54) is 0 Å². The normalized spacial score (nSPS) is 21.1. The lowest BCUT2D eigenvalue weighted by Crippen LogP contribution is -2.51. The minimum Gasteiger partial charge on any atom is -0.431 e. The van der Waals surface area contributed by atoms with E-state index in [9.17, 15) is 25.2 Å². The van der Waals surface area contributed by atoms with Crippen LogP contribution in [-0.4, -0.2) is 96.8 Å². The third-order valence-electron chi connectivity index (χ3n) is 2.26. The highest BCUT2D eigenvalue weighted by Gasteiger charge is 2.36. The Morgan fingerprint density at radius 1 is 0.842 bits per heavy atom. The number of ether oxygens (including phenoxy) is 1. The molecular weight excluding hydrogens is 268 g/mol. The SMILES string of the molecule is O=C(OC(O)[C@H](O)[C@H](O)[C@H](O)[C@H](O)CO)C(O)CO. The molecule has 0 fully saturated rings. The minimum absolute atomic E-state index is 0.913. The van der Waals surface area contributed by atoms with Crippen molar-refractivity contribution < 1.29 is 50.4 Å². The number of carbonyl (C=O) groups excluding carboxylic acids is 1. The number of hydrogen-bond donors (Lipinski definition) is 8. The molecule has 0 aromatic carbocycles. The lowest BCUT2D eigenvalue weighted by molar-refractivity contribution is -0.219. The summed E-state index contributed by atoms with van der Waals surface area (Å²) >= 11 is 0. The van der Waals surface area contributed by atoms with Gasteiger partial charge < -0.3 is 45.6 Å². The van der Waals surface area contributed by atoms with Gasteiger partial charge in [-0.3, -0.25) is 0 Å². The summed E-state index contributed by atoms with van der Waals surface area (Å²) in [6, 6.07) is 0. The van der Waals surface area contributed by atoms with E-state index < -0.39 is 56.0 Å². The molecule has 0 aliphatic carbocycles. The highest BCUT2D eigenvalue weighted by molar-refractivity contribution is 5.74. The van der Waals surface area contributed by atoms with E-state index in [-0.39, 0.29) is 0 Å². The molecule has 0 radical (unpaired) electrons. The number of rotatable bonds is 8. The molecule has 0 spiro atoms. The smallest absolute Gasteiger partial charge is 0.339 e. The molecule has 10 heteroatoms. The first-order valence-corrected chi connectivity index (χ1v) is 5.26. The zero-order chi connectivity index (χ0) is 15.2. The average molecular weight is 286 g/mol. The van der Waals surface area contributed by atoms with Gasteiger partial charge in [-0.05, 0) is 0 Å². The molecular formula is C9H18O10. The summed E-state index contributed by atoms with van der Waals surface area (Å²) in [4.78, 5) is 10.9. The van der Waals surface area contributed by atoms with Gasteiger partial charge in [0.2, 0.25) is 6.29 Å². The third-order valence-corrected chi connectivity index (χ3v) is 2.26. The Balaban J connectivity index is 4.47. The molecule has 2 unspecified atom stereocenters. The molecule has 0 aromatic heterocycles. The zero-order valence-electron chi connectivity index (χ0n) is 9.77. The summed E-state index contributed by atoms with van der Waals surface area (Å²) in [5, 5.41) is 71.9. The van der Waals surface area contributed by atoms with Crippen molar-refractivity contribution in [3.05, 3.63) is 0 Å². The number of aliphatic hydroxyl groups excluding tert-OH is 8. The van der Waals surface area contributed by atoms with E-state index in [2.05, 4.69) is 4.74 Å². The van der Waals surface area contributed by atoms with Crippen LogP contribution in [0.3, 0.4) is 0 Å². The van der Waals surface area contributed by atoms with E-state index in [0.717, 1.165) is 0 Å². The summed E-state index contributed by atoms with van der Waals surface area (Å²) in [5.41, 5.74) is 0. The monoisotopic (exact) mass is 286 g/mol. The molecule has 0 aromatic rings. The number of aliphatic hydroxyl groups is 8. The van der Waals surface area contributed by atoms with Crippen molar-refractivity contribution in [1.29, 1.82) is 0 Å². The highest BCUT2D eigenvalue weighted by atomic mass is 16.7. The molecule has 10 nitrogen and oxygen atoms in total. The number of carbonyl (C=O) groups is 1. The molecule has 6 atom stereocenters. The van der Waals surface area contributed by atoms with Crippen molar-refractivity contribution in [1.82, 2.24) is 0 Å². The first kappa shape index (κ1) is 18.1. The second-order valence-electron chi connectivity index (χ2n) is 3.75. The van der Waals surface area contributed by atoms with Gasteiger partial charge in [0.1, 0.15) is 24.4 Å². The van der Waals surface area contributed by atoms with Crippen molar-refractivity contribution in [2.45, 2.75) is 36.8 Å². The average Bonchev–Trinajstić information content (AvgIpc) is 2.42. The second kappa shape index (κ2) is 8.35. The Labute approximate surface area is 107 Å². The van der Waals surface area contributed by atoms with Crippen LogP contribution in [-0.2, 0) is 9.53 Å². The number of esters is 1. The number of hydrogen-bond acceptors (Lipinski definition) is 10. The van der Waals surface area contributed by atoms with Gasteiger partial charge in [-0.2, -0.15) is 0 Å². The van der Waals surface area contributed by atoms with Crippen LogP contribution in [0.25, 0.3) is 0 Å². The standard InChI is InChI=1S/C9H18O10/c10-1-3(12)5(14)6(15)7(16)9(18)19-8(17)4(13)2-11/h3-7,9-16,18H,1-2H2/t3-,4?,5-,6-,7-,9?/m1/s1. The van der Waals surface area contributed by atoms with E-state index in [0.29, 0.717) is 0 Å². The van der Waals surface area contributed by atoms with Crippen molar-refractivity contribution >= 4 is 5.97 Å². The quantitative estimate of drug-likeness (QED) is 0.158. The molecule has 0 aliphatic rings. The molecule has 0 rings (SSSR count). The maximum atomic E-state index is 10.9. The summed E-state index contributed by atoms with van der Waals surface area (Å²) in [6.07, 6.45) is -12.4. The van der Waals surface area contributed by atoms with Crippen LogP contribution < -0.4 is 0 Å². The molecule has 0 bridgehead atoms. The zero-order valence-corrected chi connectivity index (χ0v) is 9.77. The summed E-state index contributed by atoms with van der Waals surface area (Å²) in [6.45, 7) is -1.89. The Bertz CT molecular complexity index is 272. The Hall–Kier alpha value is -0.850. The molecule has 8 N–H and O–H groups in total.